The van der Waals surface area contributed by atoms with Gasteiger partial charge in [-0.3, -0.25) is 10.1 Å². The van der Waals surface area contributed by atoms with E-state index in [1.165, 1.54) is 24.3 Å². The van der Waals surface area contributed by atoms with Gasteiger partial charge in [-0.1, -0.05) is 6.07 Å². The standard InChI is InChI=1S/C14H9NO7/c16-13(17)11-5-4-10(7-12(11)14(18)19)22-9-3-1-2-8(6-9)15(20)21/h1-7H,(H,16,17)(H,18,19)/p-2. The zero-order chi connectivity index (χ0) is 16.3. The van der Waals surface area contributed by atoms with Gasteiger partial charge in [0.15, 0.2) is 0 Å². The number of aromatic carboxylic acids is 2. The van der Waals surface area contributed by atoms with Gasteiger partial charge in [0.25, 0.3) is 5.69 Å². The minimum Gasteiger partial charge on any atom is -0.545 e. The number of carboxylic acids is 2. The predicted octanol–water partition coefficient (Wildman–Crippen LogP) is 0.114. The van der Waals surface area contributed by atoms with Crippen molar-refractivity contribution in [2.45, 2.75) is 0 Å². The smallest absolute Gasteiger partial charge is 0.273 e. The molecule has 8 nitrogen and oxygen atoms in total. The van der Waals surface area contributed by atoms with Crippen molar-refractivity contribution in [1.29, 1.82) is 0 Å². The Morgan fingerprint density at radius 1 is 0.909 bits per heavy atom. The average molecular weight is 301 g/mol. The van der Waals surface area contributed by atoms with Crippen LogP contribution in [0.2, 0.25) is 0 Å². The molecule has 2 aromatic rings. The van der Waals surface area contributed by atoms with Crippen LogP contribution in [0.25, 0.3) is 0 Å². The van der Waals surface area contributed by atoms with Crippen LogP contribution in [0.15, 0.2) is 42.5 Å². The number of nitrogens with zero attached hydrogens (tertiary/aromatic N) is 1. The van der Waals surface area contributed by atoms with Gasteiger partial charge in [0.05, 0.1) is 22.9 Å². The van der Waals surface area contributed by atoms with Crippen molar-refractivity contribution in [3.05, 3.63) is 63.7 Å². The zero-order valence-corrected chi connectivity index (χ0v) is 10.8. The molecule has 2 aromatic carbocycles. The molecule has 0 spiro atoms. The van der Waals surface area contributed by atoms with E-state index in [0.717, 1.165) is 18.2 Å². The molecule has 0 bridgehead atoms. The Balaban J connectivity index is 2.36. The first-order chi connectivity index (χ1) is 10.4. The third-order valence-electron chi connectivity index (χ3n) is 2.70. The molecule has 0 heterocycles. The van der Waals surface area contributed by atoms with Gasteiger partial charge in [0, 0.05) is 17.2 Å². The molecule has 0 atom stereocenters. The summed E-state index contributed by atoms with van der Waals surface area (Å²) in [6.45, 7) is 0. The molecule has 0 saturated carbocycles. The van der Waals surface area contributed by atoms with E-state index < -0.39 is 28.0 Å². The highest BCUT2D eigenvalue weighted by atomic mass is 16.6. The molecule has 2 rings (SSSR count). The molecule has 0 radical (unpaired) electrons. The quantitative estimate of drug-likeness (QED) is 0.565. The minimum absolute atomic E-state index is 0.00954. The van der Waals surface area contributed by atoms with Gasteiger partial charge < -0.3 is 24.5 Å². The van der Waals surface area contributed by atoms with Crippen LogP contribution >= 0.6 is 0 Å². The Hall–Kier alpha value is -3.42. The molecule has 112 valence electrons. The molecule has 22 heavy (non-hydrogen) atoms. The molecule has 0 aliphatic rings. The van der Waals surface area contributed by atoms with Crippen LogP contribution in [-0.2, 0) is 0 Å². The SMILES string of the molecule is O=C([O-])c1ccc(Oc2cccc([N+](=O)[O-])c2)cc1C(=O)[O-]. The first kappa shape index (κ1) is 15.0. The molecule has 0 N–H and O–H groups in total. The fourth-order valence-electron chi connectivity index (χ4n) is 1.73. The van der Waals surface area contributed by atoms with E-state index >= 15 is 0 Å². The van der Waals surface area contributed by atoms with Gasteiger partial charge in [-0.2, -0.15) is 0 Å². The van der Waals surface area contributed by atoms with Gasteiger partial charge in [-0.05, 0) is 24.3 Å². The summed E-state index contributed by atoms with van der Waals surface area (Å²) in [5.41, 5.74) is -1.36. The molecule has 8 heteroatoms. The Morgan fingerprint density at radius 3 is 2.14 bits per heavy atom. The zero-order valence-electron chi connectivity index (χ0n) is 10.8. The van der Waals surface area contributed by atoms with Gasteiger partial charge in [0.1, 0.15) is 11.5 Å². The van der Waals surface area contributed by atoms with E-state index in [1.807, 2.05) is 0 Å². The number of nitro benzene ring substituents is 1. The predicted molar refractivity (Wildman–Crippen MR) is 68.3 cm³/mol. The highest BCUT2D eigenvalue weighted by Gasteiger charge is 2.10. The van der Waals surface area contributed by atoms with Crippen LogP contribution < -0.4 is 14.9 Å². The van der Waals surface area contributed by atoms with Crippen LogP contribution in [0.3, 0.4) is 0 Å². The topological polar surface area (TPSA) is 133 Å². The number of hydrogen-bond acceptors (Lipinski definition) is 7. The number of non-ortho nitro benzene ring substituents is 1. The second kappa shape index (κ2) is 5.92. The van der Waals surface area contributed by atoms with Gasteiger partial charge in [0.2, 0.25) is 0 Å². The summed E-state index contributed by atoms with van der Waals surface area (Å²) < 4.78 is 5.29. The number of rotatable bonds is 5. The lowest BCUT2D eigenvalue weighted by atomic mass is 10.1. The Bertz CT molecular complexity index is 770. The summed E-state index contributed by atoms with van der Waals surface area (Å²) >= 11 is 0. The lowest BCUT2D eigenvalue weighted by molar-refractivity contribution is -0.384. The van der Waals surface area contributed by atoms with Gasteiger partial charge in [-0.15, -0.1) is 0 Å². The lowest BCUT2D eigenvalue weighted by Crippen LogP contribution is -2.30. The summed E-state index contributed by atoms with van der Waals surface area (Å²) in [5, 5.41) is 32.4. The van der Waals surface area contributed by atoms with Crippen LogP contribution in [0.4, 0.5) is 5.69 Å². The van der Waals surface area contributed by atoms with E-state index in [4.69, 9.17) is 4.74 Å². The maximum atomic E-state index is 10.9. The molecule has 0 aromatic heterocycles. The highest BCUT2D eigenvalue weighted by Crippen LogP contribution is 2.26. The molecule has 0 amide bonds. The van der Waals surface area contributed by atoms with E-state index in [-0.39, 0.29) is 17.2 Å². The second-order valence-corrected chi connectivity index (χ2v) is 4.14. The lowest BCUT2D eigenvalue weighted by Gasteiger charge is -2.13. The van der Waals surface area contributed by atoms with E-state index in [9.17, 15) is 29.9 Å². The summed E-state index contributed by atoms with van der Waals surface area (Å²) in [6.07, 6.45) is 0. The first-order valence-corrected chi connectivity index (χ1v) is 5.87. The first-order valence-electron chi connectivity index (χ1n) is 5.87. The number of nitro groups is 1. The van der Waals surface area contributed by atoms with Crippen molar-refractivity contribution >= 4 is 17.6 Å². The van der Waals surface area contributed by atoms with Crippen molar-refractivity contribution in [3.8, 4) is 11.5 Å². The Kier molecular flexibility index (Phi) is 4.03. The van der Waals surface area contributed by atoms with Crippen LogP contribution in [-0.4, -0.2) is 16.9 Å². The van der Waals surface area contributed by atoms with Crippen molar-refractivity contribution < 1.29 is 29.5 Å². The third kappa shape index (κ3) is 3.18. The van der Waals surface area contributed by atoms with Crippen molar-refractivity contribution in [1.82, 2.24) is 0 Å². The van der Waals surface area contributed by atoms with Crippen LogP contribution in [0, 0.1) is 10.1 Å². The van der Waals surface area contributed by atoms with E-state index in [0.29, 0.717) is 0 Å². The fraction of sp³-hybridized carbons (Fsp3) is 0. The van der Waals surface area contributed by atoms with Gasteiger partial charge >= 0.3 is 0 Å². The molecule has 0 unspecified atom stereocenters. The Labute approximate surface area is 123 Å². The van der Waals surface area contributed by atoms with Gasteiger partial charge in [-0.25, -0.2) is 0 Å². The number of carboxylic acid groups (broad SMARTS) is 2. The summed E-state index contributed by atoms with van der Waals surface area (Å²) in [5.74, 6) is -3.28. The summed E-state index contributed by atoms with van der Waals surface area (Å²) in [4.78, 5) is 31.8. The van der Waals surface area contributed by atoms with Crippen LogP contribution in [0.1, 0.15) is 20.7 Å². The molecular weight excluding hydrogens is 294 g/mol. The summed E-state index contributed by atoms with van der Waals surface area (Å²) in [7, 11) is 0. The Morgan fingerprint density at radius 2 is 1.55 bits per heavy atom. The minimum atomic E-state index is -1.70. The van der Waals surface area contributed by atoms with Crippen LogP contribution in [0.5, 0.6) is 11.5 Å². The second-order valence-electron chi connectivity index (χ2n) is 4.14. The molecule has 0 aliphatic carbocycles. The average Bonchev–Trinajstić information content (AvgIpc) is 2.47. The highest BCUT2D eigenvalue weighted by molar-refractivity contribution is 6.00. The third-order valence-corrected chi connectivity index (χ3v) is 2.70. The van der Waals surface area contributed by atoms with Crippen molar-refractivity contribution in [2.24, 2.45) is 0 Å². The maximum absolute atomic E-state index is 10.9. The van der Waals surface area contributed by atoms with E-state index in [2.05, 4.69) is 0 Å². The largest absolute Gasteiger partial charge is 0.545 e. The maximum Gasteiger partial charge on any atom is 0.273 e. The summed E-state index contributed by atoms with van der Waals surface area (Å²) in [6, 6.07) is 8.37. The fourth-order valence-corrected chi connectivity index (χ4v) is 1.73. The normalized spacial score (nSPS) is 10.0. The number of ether oxygens (including phenoxy) is 1. The monoisotopic (exact) mass is 301 g/mol. The number of carbonyl (C=O) groups is 2. The molecule has 0 saturated heterocycles. The molecular formula is C14H7NO7-2. The molecule has 0 fully saturated rings. The number of carbonyl (C=O) groups excluding carboxylic acids is 2. The van der Waals surface area contributed by atoms with Crippen molar-refractivity contribution in [2.75, 3.05) is 0 Å². The molecule has 0 aliphatic heterocycles. The number of benzene rings is 2. The number of hydrogen-bond donors (Lipinski definition) is 0. The van der Waals surface area contributed by atoms with E-state index in [1.54, 1.807) is 0 Å². The van der Waals surface area contributed by atoms with Crippen molar-refractivity contribution in [3.63, 3.8) is 0 Å².